The van der Waals surface area contributed by atoms with E-state index < -0.39 is 6.03 Å². The van der Waals surface area contributed by atoms with Crippen LogP contribution in [-0.2, 0) is 6.54 Å². The molecular weight excluding hydrogens is 156 g/mol. The minimum absolute atomic E-state index is 0.410. The minimum atomic E-state index is -0.598. The van der Waals surface area contributed by atoms with Crippen LogP contribution in [0.5, 0.6) is 0 Å². The fourth-order valence-electron chi connectivity index (χ4n) is 0.818. The first-order valence-corrected chi connectivity index (χ1v) is 3.55. The molecule has 1 aromatic rings. The van der Waals surface area contributed by atoms with E-state index in [1.165, 1.54) is 5.48 Å². The molecule has 0 saturated heterocycles. The number of carbonyl (C=O) groups is 1. The molecule has 1 rings (SSSR count). The van der Waals surface area contributed by atoms with E-state index in [0.717, 1.165) is 5.56 Å². The van der Waals surface area contributed by atoms with Gasteiger partial charge in [-0.05, 0) is 5.56 Å². The van der Waals surface area contributed by atoms with Gasteiger partial charge in [-0.1, -0.05) is 30.3 Å². The number of rotatable bonds is 2. The minimum Gasteiger partial charge on any atom is -0.332 e. The smallest absolute Gasteiger partial charge is 0.332 e. The normalized spacial score (nSPS) is 9.08. The predicted octanol–water partition coefficient (Wildman–Crippen LogP) is 0.875. The van der Waals surface area contributed by atoms with Crippen LogP contribution in [0.1, 0.15) is 5.56 Å². The third-order valence-electron chi connectivity index (χ3n) is 1.40. The SMILES string of the molecule is O=C(NO)NCc1ccccc1. The molecule has 3 N–H and O–H groups in total. The summed E-state index contributed by atoms with van der Waals surface area (Å²) in [5, 5.41) is 10.6. The van der Waals surface area contributed by atoms with Gasteiger partial charge in [0.2, 0.25) is 0 Å². The van der Waals surface area contributed by atoms with Gasteiger partial charge in [0, 0.05) is 6.54 Å². The Kier molecular flexibility index (Phi) is 3.10. The van der Waals surface area contributed by atoms with E-state index in [1.54, 1.807) is 0 Å². The van der Waals surface area contributed by atoms with Crippen molar-refractivity contribution < 1.29 is 10.0 Å². The molecule has 0 unspecified atom stereocenters. The van der Waals surface area contributed by atoms with Gasteiger partial charge in [0.15, 0.2) is 0 Å². The van der Waals surface area contributed by atoms with Crippen LogP contribution in [0, 0.1) is 0 Å². The Labute approximate surface area is 70.2 Å². The molecule has 0 aliphatic carbocycles. The molecule has 4 nitrogen and oxygen atoms in total. The number of hydrogen-bond donors (Lipinski definition) is 3. The molecule has 0 bridgehead atoms. The predicted molar refractivity (Wildman–Crippen MR) is 43.6 cm³/mol. The van der Waals surface area contributed by atoms with Crippen LogP contribution < -0.4 is 10.8 Å². The van der Waals surface area contributed by atoms with E-state index in [0.29, 0.717) is 6.54 Å². The number of carbonyl (C=O) groups excluding carboxylic acids is 1. The van der Waals surface area contributed by atoms with Crippen molar-refractivity contribution in [2.45, 2.75) is 6.54 Å². The average Bonchev–Trinajstić information content (AvgIpc) is 2.16. The van der Waals surface area contributed by atoms with Gasteiger partial charge in [-0.3, -0.25) is 5.21 Å². The van der Waals surface area contributed by atoms with E-state index in [4.69, 9.17) is 5.21 Å². The second kappa shape index (κ2) is 4.35. The summed E-state index contributed by atoms with van der Waals surface area (Å²) in [7, 11) is 0. The van der Waals surface area contributed by atoms with E-state index in [1.807, 2.05) is 30.3 Å². The Bertz CT molecular complexity index is 248. The number of hydroxylamine groups is 1. The van der Waals surface area contributed by atoms with Gasteiger partial charge in [0.25, 0.3) is 0 Å². The molecule has 0 heterocycles. The van der Waals surface area contributed by atoms with Gasteiger partial charge in [0.05, 0.1) is 0 Å². The second-order valence-corrected chi connectivity index (χ2v) is 2.28. The lowest BCUT2D eigenvalue weighted by Crippen LogP contribution is -2.32. The Hall–Kier alpha value is -1.55. The molecule has 64 valence electrons. The Morgan fingerprint density at radius 3 is 2.58 bits per heavy atom. The van der Waals surface area contributed by atoms with Crippen LogP contribution in [0.3, 0.4) is 0 Å². The zero-order chi connectivity index (χ0) is 8.81. The van der Waals surface area contributed by atoms with Crippen molar-refractivity contribution in [3.05, 3.63) is 35.9 Å². The Balaban J connectivity index is 2.38. The van der Waals surface area contributed by atoms with Crippen molar-refractivity contribution >= 4 is 6.03 Å². The zero-order valence-corrected chi connectivity index (χ0v) is 6.45. The van der Waals surface area contributed by atoms with Crippen LogP contribution in [0.2, 0.25) is 0 Å². The number of hydrogen-bond acceptors (Lipinski definition) is 2. The fourth-order valence-corrected chi connectivity index (χ4v) is 0.818. The molecule has 0 atom stereocenters. The highest BCUT2D eigenvalue weighted by molar-refractivity contribution is 5.72. The molecule has 0 fully saturated rings. The summed E-state index contributed by atoms with van der Waals surface area (Å²) in [6, 6.07) is 8.84. The topological polar surface area (TPSA) is 61.4 Å². The molecular formula is C8H10N2O2. The number of urea groups is 1. The highest BCUT2D eigenvalue weighted by Gasteiger charge is 1.95. The van der Waals surface area contributed by atoms with E-state index in [9.17, 15) is 4.79 Å². The second-order valence-electron chi connectivity index (χ2n) is 2.28. The van der Waals surface area contributed by atoms with E-state index >= 15 is 0 Å². The number of amides is 2. The summed E-state index contributed by atoms with van der Waals surface area (Å²) in [6.45, 7) is 0.410. The van der Waals surface area contributed by atoms with Gasteiger partial charge in [-0.15, -0.1) is 0 Å². The van der Waals surface area contributed by atoms with Crippen LogP contribution in [0.25, 0.3) is 0 Å². The van der Waals surface area contributed by atoms with Crippen molar-refractivity contribution in [3.63, 3.8) is 0 Å². The standard InChI is InChI=1S/C8H10N2O2/c11-8(10-12)9-6-7-4-2-1-3-5-7/h1-5,12H,6H2,(H2,9,10,11). The van der Waals surface area contributed by atoms with Crippen LogP contribution in [0.15, 0.2) is 30.3 Å². The first-order valence-electron chi connectivity index (χ1n) is 3.55. The highest BCUT2D eigenvalue weighted by atomic mass is 16.5. The number of benzene rings is 1. The Morgan fingerprint density at radius 1 is 1.33 bits per heavy atom. The average molecular weight is 166 g/mol. The van der Waals surface area contributed by atoms with Crippen molar-refractivity contribution in [1.29, 1.82) is 0 Å². The van der Waals surface area contributed by atoms with Crippen molar-refractivity contribution in [2.75, 3.05) is 0 Å². The van der Waals surface area contributed by atoms with Gasteiger partial charge < -0.3 is 5.32 Å². The van der Waals surface area contributed by atoms with Crippen LogP contribution in [-0.4, -0.2) is 11.2 Å². The molecule has 0 spiro atoms. The summed E-state index contributed by atoms with van der Waals surface area (Å²) in [5.74, 6) is 0. The summed E-state index contributed by atoms with van der Waals surface area (Å²) in [5.41, 5.74) is 2.47. The lowest BCUT2D eigenvalue weighted by Gasteiger charge is -2.02. The third kappa shape index (κ3) is 2.59. The molecule has 0 aliphatic rings. The maximum atomic E-state index is 10.5. The van der Waals surface area contributed by atoms with Gasteiger partial charge in [0.1, 0.15) is 0 Å². The maximum Gasteiger partial charge on any atom is 0.338 e. The monoisotopic (exact) mass is 166 g/mol. The van der Waals surface area contributed by atoms with Gasteiger partial charge in [-0.2, -0.15) is 0 Å². The van der Waals surface area contributed by atoms with Gasteiger partial charge in [-0.25, -0.2) is 10.3 Å². The molecule has 4 heteroatoms. The molecule has 0 saturated carbocycles. The maximum absolute atomic E-state index is 10.5. The molecule has 2 amide bonds. The third-order valence-corrected chi connectivity index (χ3v) is 1.40. The van der Waals surface area contributed by atoms with Crippen molar-refractivity contribution in [3.8, 4) is 0 Å². The fraction of sp³-hybridized carbons (Fsp3) is 0.125. The summed E-state index contributed by atoms with van der Waals surface area (Å²) >= 11 is 0. The molecule has 1 aromatic carbocycles. The molecule has 12 heavy (non-hydrogen) atoms. The van der Waals surface area contributed by atoms with Crippen molar-refractivity contribution in [2.24, 2.45) is 0 Å². The van der Waals surface area contributed by atoms with Crippen molar-refractivity contribution in [1.82, 2.24) is 10.8 Å². The van der Waals surface area contributed by atoms with E-state index in [2.05, 4.69) is 5.32 Å². The van der Waals surface area contributed by atoms with Crippen LogP contribution in [0.4, 0.5) is 4.79 Å². The summed E-state index contributed by atoms with van der Waals surface area (Å²) < 4.78 is 0. The Morgan fingerprint density at radius 2 is 2.00 bits per heavy atom. The lowest BCUT2D eigenvalue weighted by atomic mass is 10.2. The zero-order valence-electron chi connectivity index (χ0n) is 6.45. The van der Waals surface area contributed by atoms with E-state index in [-0.39, 0.29) is 0 Å². The quantitative estimate of drug-likeness (QED) is 0.451. The lowest BCUT2D eigenvalue weighted by molar-refractivity contribution is 0.161. The van der Waals surface area contributed by atoms with Crippen LogP contribution >= 0.6 is 0 Å². The first-order chi connectivity index (χ1) is 5.83. The summed E-state index contributed by atoms with van der Waals surface area (Å²) in [4.78, 5) is 10.5. The van der Waals surface area contributed by atoms with Gasteiger partial charge >= 0.3 is 6.03 Å². The molecule has 0 aromatic heterocycles. The highest BCUT2D eigenvalue weighted by Crippen LogP contribution is 1.96. The summed E-state index contributed by atoms with van der Waals surface area (Å²) in [6.07, 6.45) is 0. The largest absolute Gasteiger partial charge is 0.338 e. The number of nitrogens with one attached hydrogen (secondary N) is 2. The first kappa shape index (κ1) is 8.55. The molecule has 0 radical (unpaired) electrons. The molecule has 0 aliphatic heterocycles.